The molecule has 0 spiro atoms. The summed E-state index contributed by atoms with van der Waals surface area (Å²) in [5.74, 6) is 1.34. The van der Waals surface area contributed by atoms with E-state index in [2.05, 4.69) is 46.6 Å². The van der Waals surface area contributed by atoms with Gasteiger partial charge in [-0.05, 0) is 50.6 Å². The van der Waals surface area contributed by atoms with Crippen molar-refractivity contribution in [3.63, 3.8) is 0 Å². The fraction of sp³-hybridized carbons (Fsp3) is 0.385. The van der Waals surface area contributed by atoms with Crippen LogP contribution in [0, 0.1) is 20.8 Å². The van der Waals surface area contributed by atoms with E-state index in [4.69, 9.17) is 14.0 Å². The molecule has 7 nitrogen and oxygen atoms in total. The third-order valence-electron chi connectivity index (χ3n) is 6.01. The molecule has 1 atom stereocenters. The zero-order valence-corrected chi connectivity index (χ0v) is 19.5. The van der Waals surface area contributed by atoms with Crippen molar-refractivity contribution in [2.24, 2.45) is 0 Å². The Morgan fingerprint density at radius 3 is 2.39 bits per heavy atom. The summed E-state index contributed by atoms with van der Waals surface area (Å²) in [6, 6.07) is 15.5. The second kappa shape index (κ2) is 10.6. The van der Waals surface area contributed by atoms with Crippen LogP contribution in [0.3, 0.4) is 0 Å². The van der Waals surface area contributed by atoms with Gasteiger partial charge in [0.25, 0.3) is 5.91 Å². The van der Waals surface area contributed by atoms with Gasteiger partial charge < -0.3 is 19.3 Å². The van der Waals surface area contributed by atoms with Crippen LogP contribution >= 0.6 is 0 Å². The summed E-state index contributed by atoms with van der Waals surface area (Å²) in [5.41, 5.74) is 4.66. The van der Waals surface area contributed by atoms with E-state index in [0.29, 0.717) is 17.9 Å². The van der Waals surface area contributed by atoms with E-state index in [9.17, 15) is 4.79 Å². The molecule has 1 aliphatic heterocycles. The Morgan fingerprint density at radius 2 is 1.76 bits per heavy atom. The summed E-state index contributed by atoms with van der Waals surface area (Å²) in [5, 5.41) is 7.17. The Bertz CT molecular complexity index is 1030. The van der Waals surface area contributed by atoms with Crippen LogP contribution in [0.1, 0.15) is 44.5 Å². The third-order valence-corrected chi connectivity index (χ3v) is 6.01. The third kappa shape index (κ3) is 6.00. The normalized spacial score (nSPS) is 15.2. The van der Waals surface area contributed by atoms with E-state index in [1.807, 2.05) is 26.0 Å². The smallest absolute Gasteiger partial charge is 0.251 e. The van der Waals surface area contributed by atoms with Crippen molar-refractivity contribution in [1.29, 1.82) is 0 Å². The minimum Gasteiger partial charge on any atom is -0.489 e. The average Bonchev–Trinajstić information content (AvgIpc) is 3.15. The molecule has 1 aromatic heterocycles. The maximum absolute atomic E-state index is 13.1. The molecule has 1 fully saturated rings. The molecule has 0 radical (unpaired) electrons. The van der Waals surface area contributed by atoms with Crippen LogP contribution in [0.25, 0.3) is 0 Å². The molecule has 4 rings (SSSR count). The molecule has 1 unspecified atom stereocenters. The zero-order valence-electron chi connectivity index (χ0n) is 19.5. The number of morpholine rings is 1. The van der Waals surface area contributed by atoms with Gasteiger partial charge in [-0.2, -0.15) is 0 Å². The molecule has 0 aliphatic carbocycles. The largest absolute Gasteiger partial charge is 0.489 e. The first-order valence-corrected chi connectivity index (χ1v) is 11.3. The van der Waals surface area contributed by atoms with Crippen LogP contribution in [0.15, 0.2) is 53.1 Å². The van der Waals surface area contributed by atoms with Gasteiger partial charge in [0, 0.05) is 25.2 Å². The molecule has 2 heterocycles. The minimum atomic E-state index is -0.105. The van der Waals surface area contributed by atoms with Crippen LogP contribution in [-0.4, -0.2) is 48.8 Å². The van der Waals surface area contributed by atoms with E-state index >= 15 is 0 Å². The van der Waals surface area contributed by atoms with Gasteiger partial charge in [0.05, 0.1) is 30.5 Å². The van der Waals surface area contributed by atoms with Gasteiger partial charge in [-0.15, -0.1) is 0 Å². The molecule has 0 saturated carbocycles. The summed E-state index contributed by atoms with van der Waals surface area (Å²) in [4.78, 5) is 15.4. The second-order valence-corrected chi connectivity index (χ2v) is 8.47. The molecule has 1 saturated heterocycles. The van der Waals surface area contributed by atoms with E-state index in [-0.39, 0.29) is 11.9 Å². The van der Waals surface area contributed by atoms with E-state index in [0.717, 1.165) is 55.4 Å². The molecular formula is C26H31N3O4. The summed E-state index contributed by atoms with van der Waals surface area (Å²) in [6.07, 6.45) is 0. The van der Waals surface area contributed by atoms with Crippen LogP contribution in [-0.2, 0) is 11.3 Å². The Balaban J connectivity index is 1.41. The van der Waals surface area contributed by atoms with Gasteiger partial charge in [0.1, 0.15) is 18.1 Å². The Morgan fingerprint density at radius 1 is 1.06 bits per heavy atom. The number of carbonyl (C=O) groups is 1. The zero-order chi connectivity index (χ0) is 23.2. The molecular weight excluding hydrogens is 418 g/mol. The number of nitrogens with one attached hydrogen (secondary N) is 1. The van der Waals surface area contributed by atoms with Crippen molar-refractivity contribution in [2.45, 2.75) is 33.4 Å². The van der Waals surface area contributed by atoms with Gasteiger partial charge >= 0.3 is 0 Å². The predicted octanol–water partition coefficient (Wildman–Crippen LogP) is 3.98. The number of aromatic nitrogens is 1. The summed E-state index contributed by atoms with van der Waals surface area (Å²) in [6.45, 7) is 10.1. The van der Waals surface area contributed by atoms with Crippen molar-refractivity contribution >= 4 is 5.91 Å². The molecule has 3 aromatic rings. The number of rotatable bonds is 8. The number of carbonyl (C=O) groups excluding carboxylic acids is 1. The lowest BCUT2D eigenvalue weighted by Gasteiger charge is -2.31. The summed E-state index contributed by atoms with van der Waals surface area (Å²) < 4.78 is 16.5. The number of benzene rings is 2. The van der Waals surface area contributed by atoms with E-state index in [1.54, 1.807) is 12.1 Å². The number of hydrogen-bond donors (Lipinski definition) is 1. The van der Waals surface area contributed by atoms with E-state index < -0.39 is 0 Å². The highest BCUT2D eigenvalue weighted by atomic mass is 16.5. The molecule has 2 aromatic carbocycles. The lowest BCUT2D eigenvalue weighted by Crippen LogP contribution is -2.43. The molecule has 1 aliphatic rings. The van der Waals surface area contributed by atoms with Crippen molar-refractivity contribution in [1.82, 2.24) is 15.4 Å². The number of nitrogens with zero attached hydrogens (tertiary/aromatic N) is 2. The molecule has 174 valence electrons. The number of amides is 1. The van der Waals surface area contributed by atoms with Crippen molar-refractivity contribution in [2.75, 3.05) is 32.8 Å². The maximum Gasteiger partial charge on any atom is 0.251 e. The Kier molecular flexibility index (Phi) is 7.42. The topological polar surface area (TPSA) is 76.8 Å². The summed E-state index contributed by atoms with van der Waals surface area (Å²) in [7, 11) is 0. The fourth-order valence-corrected chi connectivity index (χ4v) is 3.88. The van der Waals surface area contributed by atoms with Crippen molar-refractivity contribution in [3.05, 3.63) is 82.2 Å². The molecule has 1 N–H and O–H groups in total. The van der Waals surface area contributed by atoms with Crippen molar-refractivity contribution < 1.29 is 18.8 Å². The number of aryl methyl sites for hydroxylation is 3. The quantitative estimate of drug-likeness (QED) is 0.561. The number of hydrogen-bond acceptors (Lipinski definition) is 6. The molecule has 0 bridgehead atoms. The average molecular weight is 450 g/mol. The first kappa shape index (κ1) is 23.0. The standard InChI is InChI=1S/C26H31N3O4/c1-18-4-6-21(7-5-18)25(16-29-12-14-31-15-13-29)27-26(30)22-8-10-23(11-9-22)32-17-24-19(2)28-33-20(24)3/h4-11,25H,12-17H2,1-3H3,(H,27,30). The Labute approximate surface area is 194 Å². The van der Waals surface area contributed by atoms with Gasteiger partial charge in [-0.3, -0.25) is 9.69 Å². The number of ether oxygens (including phenoxy) is 2. The van der Waals surface area contributed by atoms with Crippen LogP contribution < -0.4 is 10.1 Å². The summed E-state index contributed by atoms with van der Waals surface area (Å²) >= 11 is 0. The SMILES string of the molecule is Cc1ccc(C(CN2CCOCC2)NC(=O)c2ccc(OCc3c(C)noc3C)cc2)cc1. The van der Waals surface area contributed by atoms with Gasteiger partial charge in [-0.25, -0.2) is 0 Å². The van der Waals surface area contributed by atoms with Gasteiger partial charge in [-0.1, -0.05) is 35.0 Å². The predicted molar refractivity (Wildman–Crippen MR) is 125 cm³/mol. The Hall–Kier alpha value is -3.16. The van der Waals surface area contributed by atoms with Crippen LogP contribution in [0.5, 0.6) is 5.75 Å². The first-order valence-electron chi connectivity index (χ1n) is 11.3. The second-order valence-electron chi connectivity index (χ2n) is 8.47. The lowest BCUT2D eigenvalue weighted by atomic mass is 10.0. The van der Waals surface area contributed by atoms with Gasteiger partial charge in [0.2, 0.25) is 0 Å². The highest BCUT2D eigenvalue weighted by Gasteiger charge is 2.21. The van der Waals surface area contributed by atoms with Crippen molar-refractivity contribution in [3.8, 4) is 5.75 Å². The lowest BCUT2D eigenvalue weighted by molar-refractivity contribution is 0.0332. The minimum absolute atomic E-state index is 0.105. The van der Waals surface area contributed by atoms with Crippen LogP contribution in [0.2, 0.25) is 0 Å². The molecule has 7 heteroatoms. The highest BCUT2D eigenvalue weighted by Crippen LogP contribution is 2.20. The van der Waals surface area contributed by atoms with E-state index in [1.165, 1.54) is 5.56 Å². The highest BCUT2D eigenvalue weighted by molar-refractivity contribution is 5.94. The molecule has 33 heavy (non-hydrogen) atoms. The monoisotopic (exact) mass is 449 g/mol. The first-order chi connectivity index (χ1) is 16.0. The molecule has 1 amide bonds. The van der Waals surface area contributed by atoms with Gasteiger partial charge in [0.15, 0.2) is 0 Å². The fourth-order valence-electron chi connectivity index (χ4n) is 3.88. The van der Waals surface area contributed by atoms with Crippen LogP contribution in [0.4, 0.5) is 0 Å². The maximum atomic E-state index is 13.1.